The van der Waals surface area contributed by atoms with E-state index >= 15 is 0 Å². The summed E-state index contributed by atoms with van der Waals surface area (Å²) in [5, 5.41) is 3.42. The second kappa shape index (κ2) is 8.86. The molecule has 3 rings (SSSR count). The summed E-state index contributed by atoms with van der Waals surface area (Å²) in [6, 6.07) is 16.8. The smallest absolute Gasteiger partial charge is 0.306 e. The molecule has 0 saturated carbocycles. The number of rotatable bonds is 5. The average molecular weight is 346 g/mol. The molecule has 0 aromatic heterocycles. The summed E-state index contributed by atoms with van der Waals surface area (Å²) in [7, 11) is 0. The second-order valence-electron chi connectivity index (χ2n) is 5.93. The third-order valence-electron chi connectivity index (χ3n) is 4.40. The Labute approximate surface area is 149 Å². The van der Waals surface area contributed by atoms with Gasteiger partial charge in [-0.1, -0.05) is 48.5 Å². The number of carbonyl (C=O) groups is 1. The Morgan fingerprint density at radius 1 is 1.12 bits per heavy atom. The number of hydrogen-bond acceptors (Lipinski definition) is 3. The highest BCUT2D eigenvalue weighted by Gasteiger charge is 2.20. The van der Waals surface area contributed by atoms with Crippen LogP contribution in [0, 0.1) is 0 Å². The molecule has 24 heavy (non-hydrogen) atoms. The summed E-state index contributed by atoms with van der Waals surface area (Å²) in [6.07, 6.45) is 1.45. The van der Waals surface area contributed by atoms with E-state index in [2.05, 4.69) is 35.6 Å². The van der Waals surface area contributed by atoms with Crippen LogP contribution in [0.25, 0.3) is 0 Å². The van der Waals surface area contributed by atoms with Gasteiger partial charge in [0.05, 0.1) is 13.0 Å². The van der Waals surface area contributed by atoms with Crippen molar-refractivity contribution in [1.29, 1.82) is 0 Å². The lowest BCUT2D eigenvalue weighted by molar-refractivity contribution is -0.143. The van der Waals surface area contributed by atoms with Gasteiger partial charge in [0.15, 0.2) is 0 Å². The predicted octanol–water partition coefficient (Wildman–Crippen LogP) is 3.84. The van der Waals surface area contributed by atoms with E-state index in [-0.39, 0.29) is 24.3 Å². The van der Waals surface area contributed by atoms with Gasteiger partial charge in [0, 0.05) is 12.5 Å². The summed E-state index contributed by atoms with van der Waals surface area (Å²) in [5.74, 6) is -0.0975. The van der Waals surface area contributed by atoms with E-state index in [0.717, 1.165) is 25.1 Å². The molecule has 1 unspecified atom stereocenters. The molecule has 0 saturated heterocycles. The number of nitrogens with one attached hydrogen (secondary N) is 1. The van der Waals surface area contributed by atoms with Crippen LogP contribution in [0.2, 0.25) is 0 Å². The highest BCUT2D eigenvalue weighted by molar-refractivity contribution is 5.85. The molecule has 0 spiro atoms. The molecule has 1 heterocycles. The summed E-state index contributed by atoms with van der Waals surface area (Å²) in [4.78, 5) is 12.1. The Kier molecular flexibility index (Phi) is 6.83. The van der Waals surface area contributed by atoms with Crippen LogP contribution in [-0.2, 0) is 22.5 Å². The quantitative estimate of drug-likeness (QED) is 0.837. The largest absolute Gasteiger partial charge is 0.466 e. The van der Waals surface area contributed by atoms with Gasteiger partial charge in [-0.05, 0) is 42.1 Å². The Bertz CT molecular complexity index is 673. The van der Waals surface area contributed by atoms with Crippen LogP contribution >= 0.6 is 12.4 Å². The Morgan fingerprint density at radius 3 is 2.67 bits per heavy atom. The van der Waals surface area contributed by atoms with E-state index in [4.69, 9.17) is 4.74 Å². The second-order valence-corrected chi connectivity index (χ2v) is 5.93. The number of hydrogen-bond donors (Lipinski definition) is 1. The fourth-order valence-electron chi connectivity index (χ4n) is 3.22. The highest BCUT2D eigenvalue weighted by Crippen LogP contribution is 2.30. The minimum atomic E-state index is -0.141. The highest BCUT2D eigenvalue weighted by atomic mass is 35.5. The van der Waals surface area contributed by atoms with Crippen LogP contribution in [0.4, 0.5) is 0 Å². The molecule has 1 N–H and O–H groups in total. The summed E-state index contributed by atoms with van der Waals surface area (Å²) in [6.45, 7) is 4.22. The molecule has 4 heteroatoms. The molecule has 1 aliphatic heterocycles. The summed E-state index contributed by atoms with van der Waals surface area (Å²) >= 11 is 0. The van der Waals surface area contributed by atoms with Crippen molar-refractivity contribution in [1.82, 2.24) is 5.32 Å². The predicted molar refractivity (Wildman–Crippen MR) is 98.6 cm³/mol. The lowest BCUT2D eigenvalue weighted by Crippen LogP contribution is -2.24. The fourth-order valence-corrected chi connectivity index (χ4v) is 3.22. The third-order valence-corrected chi connectivity index (χ3v) is 4.40. The van der Waals surface area contributed by atoms with Crippen LogP contribution in [0.15, 0.2) is 48.5 Å². The van der Waals surface area contributed by atoms with Crippen LogP contribution < -0.4 is 5.32 Å². The molecule has 0 radical (unpaired) electrons. The van der Waals surface area contributed by atoms with E-state index in [9.17, 15) is 4.79 Å². The van der Waals surface area contributed by atoms with Crippen LogP contribution in [0.1, 0.15) is 41.5 Å². The normalized spacial score (nSPS) is 14.2. The lowest BCUT2D eigenvalue weighted by atomic mass is 9.86. The van der Waals surface area contributed by atoms with Gasteiger partial charge in [0.1, 0.15) is 0 Å². The summed E-state index contributed by atoms with van der Waals surface area (Å²) in [5.41, 5.74) is 5.10. The molecule has 0 bridgehead atoms. The van der Waals surface area contributed by atoms with E-state index < -0.39 is 0 Å². The number of esters is 1. The molecule has 2 aromatic carbocycles. The molecule has 0 fully saturated rings. The van der Waals surface area contributed by atoms with Gasteiger partial charge in [0.25, 0.3) is 0 Å². The topological polar surface area (TPSA) is 38.3 Å². The third kappa shape index (κ3) is 4.37. The Hall–Kier alpha value is -1.84. The number of fused-ring (bicyclic) bond motifs is 1. The van der Waals surface area contributed by atoms with Crippen molar-refractivity contribution >= 4 is 18.4 Å². The van der Waals surface area contributed by atoms with Crippen LogP contribution in [-0.4, -0.2) is 19.1 Å². The van der Waals surface area contributed by atoms with Crippen molar-refractivity contribution < 1.29 is 9.53 Å². The summed E-state index contributed by atoms with van der Waals surface area (Å²) < 4.78 is 5.18. The average Bonchev–Trinajstić information content (AvgIpc) is 2.60. The minimum absolute atomic E-state index is 0. The van der Waals surface area contributed by atoms with Crippen molar-refractivity contribution in [3.63, 3.8) is 0 Å². The number of benzene rings is 2. The molecule has 128 valence electrons. The zero-order valence-corrected chi connectivity index (χ0v) is 14.8. The molecule has 0 amide bonds. The van der Waals surface area contributed by atoms with E-state index in [1.165, 1.54) is 16.7 Å². The van der Waals surface area contributed by atoms with Crippen molar-refractivity contribution in [2.24, 2.45) is 0 Å². The Balaban J connectivity index is 0.00000208. The minimum Gasteiger partial charge on any atom is -0.466 e. The fraction of sp³-hybridized carbons (Fsp3) is 0.350. The zero-order chi connectivity index (χ0) is 16.1. The van der Waals surface area contributed by atoms with E-state index in [0.29, 0.717) is 13.0 Å². The standard InChI is InChI=1S/C20H23NO2.ClH/c1-2-23-20(22)13-19(16-6-4-3-5-7-16)17-9-8-15-10-11-21-14-18(15)12-17;/h3-9,12,19,21H,2,10-11,13-14H2,1H3;1H. The van der Waals surface area contributed by atoms with Crippen LogP contribution in [0.3, 0.4) is 0 Å². The Morgan fingerprint density at radius 2 is 1.92 bits per heavy atom. The first kappa shape index (κ1) is 18.5. The first-order valence-electron chi connectivity index (χ1n) is 8.31. The van der Waals surface area contributed by atoms with Gasteiger partial charge in [-0.3, -0.25) is 4.79 Å². The van der Waals surface area contributed by atoms with E-state index in [1.807, 2.05) is 25.1 Å². The number of ether oxygens (including phenoxy) is 1. The maximum absolute atomic E-state index is 12.1. The number of carbonyl (C=O) groups excluding carboxylic acids is 1. The molecular formula is C20H24ClNO2. The molecular weight excluding hydrogens is 322 g/mol. The van der Waals surface area contributed by atoms with Crippen molar-refractivity contribution in [3.8, 4) is 0 Å². The molecule has 1 atom stereocenters. The van der Waals surface area contributed by atoms with E-state index in [1.54, 1.807) is 0 Å². The molecule has 2 aromatic rings. The van der Waals surface area contributed by atoms with Crippen molar-refractivity contribution in [2.45, 2.75) is 32.2 Å². The number of halogens is 1. The van der Waals surface area contributed by atoms with Gasteiger partial charge in [0.2, 0.25) is 0 Å². The first-order chi connectivity index (χ1) is 11.3. The van der Waals surface area contributed by atoms with Crippen molar-refractivity contribution in [2.75, 3.05) is 13.2 Å². The first-order valence-corrected chi connectivity index (χ1v) is 8.31. The van der Waals surface area contributed by atoms with Gasteiger partial charge in [-0.15, -0.1) is 12.4 Å². The molecule has 3 nitrogen and oxygen atoms in total. The van der Waals surface area contributed by atoms with Gasteiger partial charge in [-0.2, -0.15) is 0 Å². The SMILES string of the molecule is CCOC(=O)CC(c1ccccc1)c1ccc2c(c1)CNCC2.Cl. The van der Waals surface area contributed by atoms with Crippen molar-refractivity contribution in [3.05, 3.63) is 70.8 Å². The van der Waals surface area contributed by atoms with Gasteiger partial charge >= 0.3 is 5.97 Å². The maximum atomic E-state index is 12.1. The molecule has 1 aliphatic rings. The lowest BCUT2D eigenvalue weighted by Gasteiger charge is -2.22. The zero-order valence-electron chi connectivity index (χ0n) is 14.0. The monoisotopic (exact) mass is 345 g/mol. The maximum Gasteiger partial charge on any atom is 0.306 e. The van der Waals surface area contributed by atoms with Gasteiger partial charge in [-0.25, -0.2) is 0 Å². The molecule has 0 aliphatic carbocycles. The van der Waals surface area contributed by atoms with Gasteiger partial charge < -0.3 is 10.1 Å². The van der Waals surface area contributed by atoms with Crippen LogP contribution in [0.5, 0.6) is 0 Å².